The maximum atomic E-state index is 11.8. The van der Waals surface area contributed by atoms with Crippen LogP contribution in [0.15, 0.2) is 53.8 Å². The van der Waals surface area contributed by atoms with Gasteiger partial charge in [-0.25, -0.2) is 5.43 Å². The summed E-state index contributed by atoms with van der Waals surface area (Å²) in [6, 6.07) is 12.1. The summed E-state index contributed by atoms with van der Waals surface area (Å²) in [4.78, 5) is 27.6. The molecule has 0 saturated carbocycles. The molecule has 2 N–H and O–H groups in total. The van der Waals surface area contributed by atoms with Crippen LogP contribution in [-0.2, 0) is 9.59 Å². The lowest BCUT2D eigenvalue weighted by Gasteiger charge is -2.10. The molecule has 7 heteroatoms. The van der Waals surface area contributed by atoms with Crippen LogP contribution in [0.4, 0.5) is 5.69 Å². The summed E-state index contributed by atoms with van der Waals surface area (Å²) >= 11 is 0. The van der Waals surface area contributed by atoms with Crippen molar-refractivity contribution in [3.05, 3.63) is 54.4 Å². The Hall–Kier alpha value is -3.22. The molecule has 2 aromatic rings. The van der Waals surface area contributed by atoms with E-state index in [1.54, 1.807) is 48.7 Å². The van der Waals surface area contributed by atoms with Crippen molar-refractivity contribution >= 4 is 23.7 Å². The first-order chi connectivity index (χ1) is 11.2. The molecule has 0 bridgehead atoms. The van der Waals surface area contributed by atoms with Crippen molar-refractivity contribution in [2.75, 3.05) is 11.9 Å². The molecule has 118 valence electrons. The number of rotatable bonds is 5. The van der Waals surface area contributed by atoms with Crippen LogP contribution in [-0.4, -0.2) is 29.6 Å². The number of benzene rings is 1. The van der Waals surface area contributed by atoms with Gasteiger partial charge in [-0.1, -0.05) is 18.2 Å². The zero-order chi connectivity index (χ0) is 16.5. The Kier molecular flexibility index (Phi) is 5.81. The Labute approximate surface area is 133 Å². The highest BCUT2D eigenvalue weighted by molar-refractivity contribution is 6.39. The third-order valence-electron chi connectivity index (χ3n) is 2.69. The van der Waals surface area contributed by atoms with Gasteiger partial charge < -0.3 is 10.1 Å². The average molecular weight is 312 g/mol. The van der Waals surface area contributed by atoms with Crippen LogP contribution in [0, 0.1) is 0 Å². The molecule has 23 heavy (non-hydrogen) atoms. The number of hydrazone groups is 1. The molecule has 0 atom stereocenters. The van der Waals surface area contributed by atoms with Crippen LogP contribution in [0.25, 0.3) is 0 Å². The van der Waals surface area contributed by atoms with E-state index in [-0.39, 0.29) is 0 Å². The standard InChI is InChI=1S/C16H16N4O3/c1-2-23-14-9-4-3-8-13(14)19-15(21)16(22)20-18-11-12-7-5-6-10-17-12/h3-11H,2H2,1H3,(H,19,21)(H,20,22)/b18-11-. The third-order valence-corrected chi connectivity index (χ3v) is 2.69. The van der Waals surface area contributed by atoms with Crippen LogP contribution < -0.4 is 15.5 Å². The molecular weight excluding hydrogens is 296 g/mol. The van der Waals surface area contributed by atoms with E-state index in [9.17, 15) is 9.59 Å². The number of carbonyl (C=O) groups is 2. The summed E-state index contributed by atoms with van der Waals surface area (Å²) in [5.41, 5.74) is 3.12. The van der Waals surface area contributed by atoms with Gasteiger partial charge in [0.05, 0.1) is 24.2 Å². The number of pyridine rings is 1. The van der Waals surface area contributed by atoms with E-state index in [0.29, 0.717) is 23.7 Å². The minimum Gasteiger partial charge on any atom is -0.492 e. The average Bonchev–Trinajstić information content (AvgIpc) is 2.57. The number of anilines is 1. The van der Waals surface area contributed by atoms with E-state index in [1.165, 1.54) is 6.21 Å². The van der Waals surface area contributed by atoms with Crippen molar-refractivity contribution in [1.29, 1.82) is 0 Å². The van der Waals surface area contributed by atoms with Crippen molar-refractivity contribution < 1.29 is 14.3 Å². The molecule has 1 heterocycles. The summed E-state index contributed by atoms with van der Waals surface area (Å²) in [7, 11) is 0. The maximum absolute atomic E-state index is 11.8. The van der Waals surface area contributed by atoms with Gasteiger partial charge in [-0.2, -0.15) is 5.10 Å². The van der Waals surface area contributed by atoms with E-state index < -0.39 is 11.8 Å². The van der Waals surface area contributed by atoms with Gasteiger partial charge in [-0.15, -0.1) is 0 Å². The number of amides is 2. The Morgan fingerprint density at radius 3 is 2.70 bits per heavy atom. The van der Waals surface area contributed by atoms with Gasteiger partial charge in [0.15, 0.2) is 0 Å². The van der Waals surface area contributed by atoms with Crippen LogP contribution >= 0.6 is 0 Å². The largest absolute Gasteiger partial charge is 0.492 e. The molecular formula is C16H16N4O3. The number of ether oxygens (including phenoxy) is 1. The molecule has 1 aromatic heterocycles. The molecule has 1 aromatic carbocycles. The van der Waals surface area contributed by atoms with Crippen molar-refractivity contribution in [1.82, 2.24) is 10.4 Å². The Morgan fingerprint density at radius 1 is 1.17 bits per heavy atom. The van der Waals surface area contributed by atoms with Crippen molar-refractivity contribution in [2.45, 2.75) is 6.92 Å². The maximum Gasteiger partial charge on any atom is 0.329 e. The van der Waals surface area contributed by atoms with Gasteiger partial charge in [0, 0.05) is 6.20 Å². The molecule has 2 amide bonds. The van der Waals surface area contributed by atoms with Gasteiger partial charge in [0.2, 0.25) is 0 Å². The number of hydrogen-bond acceptors (Lipinski definition) is 5. The molecule has 0 fully saturated rings. The van der Waals surface area contributed by atoms with Gasteiger partial charge in [0.1, 0.15) is 5.75 Å². The highest BCUT2D eigenvalue weighted by Crippen LogP contribution is 2.23. The fourth-order valence-electron chi connectivity index (χ4n) is 1.69. The number of aromatic nitrogens is 1. The smallest absolute Gasteiger partial charge is 0.329 e. The predicted molar refractivity (Wildman–Crippen MR) is 86.2 cm³/mol. The van der Waals surface area contributed by atoms with Crippen LogP contribution in [0.1, 0.15) is 12.6 Å². The van der Waals surface area contributed by atoms with Crippen molar-refractivity contribution in [2.24, 2.45) is 5.10 Å². The molecule has 0 spiro atoms. The molecule has 0 unspecified atom stereocenters. The van der Waals surface area contributed by atoms with Crippen LogP contribution in [0.2, 0.25) is 0 Å². The quantitative estimate of drug-likeness (QED) is 0.498. The predicted octanol–water partition coefficient (Wildman–Crippen LogP) is 1.57. The first-order valence-electron chi connectivity index (χ1n) is 6.98. The number of nitrogens with zero attached hydrogens (tertiary/aromatic N) is 2. The molecule has 2 rings (SSSR count). The van der Waals surface area contributed by atoms with Gasteiger partial charge >= 0.3 is 11.8 Å². The fraction of sp³-hybridized carbons (Fsp3) is 0.125. The summed E-state index contributed by atoms with van der Waals surface area (Å²) in [5, 5.41) is 6.16. The first-order valence-corrected chi connectivity index (χ1v) is 6.98. The highest BCUT2D eigenvalue weighted by atomic mass is 16.5. The number of nitrogens with one attached hydrogen (secondary N) is 2. The lowest BCUT2D eigenvalue weighted by molar-refractivity contribution is -0.136. The molecule has 7 nitrogen and oxygen atoms in total. The monoisotopic (exact) mass is 312 g/mol. The first kappa shape index (κ1) is 16.2. The molecule has 0 saturated heterocycles. The van der Waals surface area contributed by atoms with Gasteiger partial charge in [-0.05, 0) is 31.2 Å². The summed E-state index contributed by atoms with van der Waals surface area (Å²) in [6.45, 7) is 2.28. The zero-order valence-corrected chi connectivity index (χ0v) is 12.5. The number of carbonyl (C=O) groups excluding carboxylic acids is 2. The second-order valence-corrected chi connectivity index (χ2v) is 4.34. The number of para-hydroxylation sites is 2. The third kappa shape index (κ3) is 4.92. The van der Waals surface area contributed by atoms with Crippen LogP contribution in [0.5, 0.6) is 5.75 Å². The minimum absolute atomic E-state index is 0.420. The van der Waals surface area contributed by atoms with E-state index in [4.69, 9.17) is 4.74 Å². The fourth-order valence-corrected chi connectivity index (χ4v) is 1.69. The van der Waals surface area contributed by atoms with Crippen LogP contribution in [0.3, 0.4) is 0 Å². The summed E-state index contributed by atoms with van der Waals surface area (Å²) < 4.78 is 5.37. The zero-order valence-electron chi connectivity index (χ0n) is 12.5. The SMILES string of the molecule is CCOc1ccccc1NC(=O)C(=O)N/N=C\c1ccccn1. The highest BCUT2D eigenvalue weighted by Gasteiger charge is 2.15. The van der Waals surface area contributed by atoms with E-state index in [0.717, 1.165) is 0 Å². The Morgan fingerprint density at radius 2 is 1.96 bits per heavy atom. The van der Waals surface area contributed by atoms with E-state index >= 15 is 0 Å². The molecule has 0 aliphatic rings. The summed E-state index contributed by atoms with van der Waals surface area (Å²) in [5.74, 6) is -1.23. The van der Waals surface area contributed by atoms with E-state index in [2.05, 4.69) is 20.8 Å². The van der Waals surface area contributed by atoms with Gasteiger partial charge in [0.25, 0.3) is 0 Å². The molecule has 0 aliphatic heterocycles. The topological polar surface area (TPSA) is 92.7 Å². The lowest BCUT2D eigenvalue weighted by atomic mass is 10.3. The van der Waals surface area contributed by atoms with Gasteiger partial charge in [-0.3, -0.25) is 14.6 Å². The van der Waals surface area contributed by atoms with E-state index in [1.807, 2.05) is 6.92 Å². The number of hydrogen-bond donors (Lipinski definition) is 2. The molecule has 0 aliphatic carbocycles. The second-order valence-electron chi connectivity index (χ2n) is 4.34. The van der Waals surface area contributed by atoms with Crippen molar-refractivity contribution in [3.63, 3.8) is 0 Å². The van der Waals surface area contributed by atoms with Crippen molar-refractivity contribution in [3.8, 4) is 5.75 Å². The lowest BCUT2D eigenvalue weighted by Crippen LogP contribution is -2.32. The summed E-state index contributed by atoms with van der Waals surface area (Å²) in [6.07, 6.45) is 2.94. The Bertz CT molecular complexity index is 701. The Balaban J connectivity index is 1.93. The second kappa shape index (κ2) is 8.28. The molecule has 0 radical (unpaired) electrons. The minimum atomic E-state index is -0.886. The normalized spacial score (nSPS) is 10.3.